The maximum absolute atomic E-state index is 14.7. The molecule has 10 heteroatoms. The average Bonchev–Trinajstić information content (AvgIpc) is 3.23. The highest BCUT2D eigenvalue weighted by molar-refractivity contribution is 5.93. The normalized spacial score (nSPS) is 18.0. The molecule has 0 saturated carbocycles. The van der Waals surface area contributed by atoms with Crippen molar-refractivity contribution < 1.29 is 28.7 Å². The maximum Gasteiger partial charge on any atom is 0.414 e. The van der Waals surface area contributed by atoms with Gasteiger partial charge in [-0.3, -0.25) is 14.5 Å². The van der Waals surface area contributed by atoms with E-state index in [2.05, 4.69) is 10.5 Å². The quantitative estimate of drug-likeness (QED) is 0.274. The summed E-state index contributed by atoms with van der Waals surface area (Å²) in [6.07, 6.45) is 6.34. The van der Waals surface area contributed by atoms with Crippen LogP contribution in [0.25, 0.3) is 6.08 Å². The summed E-state index contributed by atoms with van der Waals surface area (Å²) in [5, 5.41) is 14.2. The molecule has 180 valence electrons. The number of oxime groups is 1. The Morgan fingerprint density at radius 1 is 1.20 bits per heavy atom. The molecule has 2 amide bonds. The van der Waals surface area contributed by atoms with Gasteiger partial charge < -0.3 is 20.2 Å². The molecule has 2 aliphatic heterocycles. The Labute approximate surface area is 200 Å². The number of ether oxygens (including phenoxy) is 1. The minimum absolute atomic E-state index is 0.00459. The number of carbonyl (C=O) groups excluding carboxylic acids is 3. The Kier molecular flexibility index (Phi) is 7.20. The summed E-state index contributed by atoms with van der Waals surface area (Å²) in [6.45, 7) is 0.648. The lowest BCUT2D eigenvalue weighted by Crippen LogP contribution is -2.33. The monoisotopic (exact) mass is 478 g/mol. The van der Waals surface area contributed by atoms with E-state index in [0.717, 1.165) is 11.1 Å². The predicted octanol–water partition coefficient (Wildman–Crippen LogP) is 3.08. The van der Waals surface area contributed by atoms with Crippen LogP contribution in [0.15, 0.2) is 66.0 Å². The second kappa shape index (κ2) is 10.6. The molecule has 0 aliphatic carbocycles. The molecule has 0 radical (unpaired) electrons. The van der Waals surface area contributed by atoms with E-state index in [1.54, 1.807) is 53.6 Å². The van der Waals surface area contributed by atoms with E-state index in [9.17, 15) is 18.8 Å². The second-order valence-electron chi connectivity index (χ2n) is 7.97. The molecule has 9 nitrogen and oxygen atoms in total. The molecule has 4 rings (SSSR count). The van der Waals surface area contributed by atoms with E-state index in [-0.39, 0.29) is 24.8 Å². The highest BCUT2D eigenvalue weighted by Gasteiger charge is 2.33. The van der Waals surface area contributed by atoms with Gasteiger partial charge in [-0.05, 0) is 41.5 Å². The van der Waals surface area contributed by atoms with Gasteiger partial charge in [0.05, 0.1) is 30.7 Å². The van der Waals surface area contributed by atoms with Crippen LogP contribution in [0.4, 0.5) is 20.6 Å². The number of anilines is 2. The zero-order valence-corrected chi connectivity index (χ0v) is 18.6. The first-order chi connectivity index (χ1) is 16.9. The number of allylic oxidation sites excluding steroid dienone is 1. The van der Waals surface area contributed by atoms with E-state index in [1.165, 1.54) is 29.3 Å². The fraction of sp³-hybridized carbons (Fsp3) is 0.200. The van der Waals surface area contributed by atoms with E-state index < -0.39 is 18.0 Å². The van der Waals surface area contributed by atoms with Crippen molar-refractivity contribution >= 4 is 41.4 Å². The first kappa shape index (κ1) is 23.7. The molecule has 0 bridgehead atoms. The van der Waals surface area contributed by atoms with Crippen LogP contribution in [0.5, 0.6) is 0 Å². The van der Waals surface area contributed by atoms with Crippen molar-refractivity contribution in [1.29, 1.82) is 0 Å². The summed E-state index contributed by atoms with van der Waals surface area (Å²) >= 11 is 0. The number of cyclic esters (lactones) is 1. The van der Waals surface area contributed by atoms with Crippen LogP contribution in [-0.4, -0.2) is 54.9 Å². The van der Waals surface area contributed by atoms with Gasteiger partial charge in [-0.2, -0.15) is 0 Å². The first-order valence-corrected chi connectivity index (χ1v) is 10.9. The number of nitrogens with zero attached hydrogens (tertiary/aromatic N) is 3. The summed E-state index contributed by atoms with van der Waals surface area (Å²) in [5.74, 6) is -0.883. The van der Waals surface area contributed by atoms with E-state index in [4.69, 9.17) is 9.94 Å². The van der Waals surface area contributed by atoms with Crippen LogP contribution in [0.1, 0.15) is 17.5 Å². The Bertz CT molecular complexity index is 1210. The summed E-state index contributed by atoms with van der Waals surface area (Å²) < 4.78 is 20.0. The number of hydrogen-bond acceptors (Lipinski definition) is 7. The predicted molar refractivity (Wildman–Crippen MR) is 128 cm³/mol. The number of halogens is 1. The van der Waals surface area contributed by atoms with Gasteiger partial charge in [0.25, 0.3) is 0 Å². The molecular weight excluding hydrogens is 455 g/mol. The van der Waals surface area contributed by atoms with Crippen LogP contribution in [-0.2, 0) is 14.3 Å². The van der Waals surface area contributed by atoms with Gasteiger partial charge in [-0.15, -0.1) is 0 Å². The molecule has 0 unspecified atom stereocenters. The van der Waals surface area contributed by atoms with Gasteiger partial charge in [0, 0.05) is 25.2 Å². The molecule has 0 aromatic heterocycles. The van der Waals surface area contributed by atoms with Gasteiger partial charge in [0.15, 0.2) is 5.78 Å². The lowest BCUT2D eigenvalue weighted by atomic mass is 10.1. The van der Waals surface area contributed by atoms with Gasteiger partial charge in [0.2, 0.25) is 5.91 Å². The number of hydrogen-bond donors (Lipinski definition) is 2. The Morgan fingerprint density at radius 2 is 1.97 bits per heavy atom. The van der Waals surface area contributed by atoms with Gasteiger partial charge in [0.1, 0.15) is 11.9 Å². The number of benzene rings is 2. The van der Waals surface area contributed by atoms with Crippen molar-refractivity contribution in [2.45, 2.75) is 12.5 Å². The third-order valence-electron chi connectivity index (χ3n) is 5.54. The van der Waals surface area contributed by atoms with Crippen LogP contribution in [0.2, 0.25) is 0 Å². The second-order valence-corrected chi connectivity index (χ2v) is 7.97. The average molecular weight is 478 g/mol. The molecule has 1 fully saturated rings. The fourth-order valence-electron chi connectivity index (χ4n) is 3.70. The van der Waals surface area contributed by atoms with E-state index >= 15 is 0 Å². The van der Waals surface area contributed by atoms with Crippen LogP contribution < -0.4 is 15.1 Å². The minimum atomic E-state index is -0.623. The van der Waals surface area contributed by atoms with Crippen molar-refractivity contribution in [3.63, 3.8) is 0 Å². The number of carbonyl (C=O) groups is 3. The van der Waals surface area contributed by atoms with Crippen molar-refractivity contribution in [1.82, 2.24) is 5.32 Å². The number of rotatable bonds is 7. The zero-order chi connectivity index (χ0) is 24.8. The first-order valence-electron chi connectivity index (χ1n) is 10.9. The summed E-state index contributed by atoms with van der Waals surface area (Å²) in [6, 6.07) is 11.4. The van der Waals surface area contributed by atoms with Crippen molar-refractivity contribution in [2.24, 2.45) is 5.16 Å². The van der Waals surface area contributed by atoms with Crippen LogP contribution >= 0.6 is 0 Å². The fourth-order valence-corrected chi connectivity index (χ4v) is 3.70. The van der Waals surface area contributed by atoms with Gasteiger partial charge >= 0.3 is 6.09 Å². The van der Waals surface area contributed by atoms with Crippen LogP contribution in [0.3, 0.4) is 0 Å². The topological polar surface area (TPSA) is 112 Å². The molecule has 35 heavy (non-hydrogen) atoms. The van der Waals surface area contributed by atoms with Gasteiger partial charge in [-0.1, -0.05) is 29.4 Å². The lowest BCUT2D eigenvalue weighted by molar-refractivity contribution is -0.117. The molecular formula is C25H23FN4O5. The number of ketones is 1. The Hall–Kier alpha value is -4.47. The summed E-state index contributed by atoms with van der Waals surface area (Å²) in [4.78, 5) is 38.8. The molecule has 2 aliphatic rings. The Balaban J connectivity index is 1.31. The van der Waals surface area contributed by atoms with Crippen molar-refractivity contribution in [2.75, 3.05) is 29.4 Å². The van der Waals surface area contributed by atoms with E-state index in [1.807, 2.05) is 0 Å². The number of amides is 2. The summed E-state index contributed by atoms with van der Waals surface area (Å²) in [7, 11) is 0. The highest BCUT2D eigenvalue weighted by atomic mass is 19.1. The molecule has 1 saturated heterocycles. The zero-order valence-electron chi connectivity index (χ0n) is 18.6. The SMILES string of the molecule is O=C1C=CN(c2ccc(N3C[C@H](CNC(=O)/C=C/c4ccc(C=NO)cc4)OC3=O)cc2F)CC1. The highest BCUT2D eigenvalue weighted by Crippen LogP contribution is 2.29. The van der Waals surface area contributed by atoms with Crippen LogP contribution in [0, 0.1) is 5.82 Å². The molecule has 2 aromatic carbocycles. The standard InChI is InChI=1S/C25H23FN4O5/c26-22-13-19(6-7-23(22)29-11-9-20(31)10-12-29)30-16-21(35-25(30)33)15-27-24(32)8-5-17-1-3-18(4-2-17)14-28-34/h1-9,11,13-14,21,34H,10,12,15-16H2,(H,27,32)/b8-5+,28-14?/t21-/m0/s1. The van der Waals surface area contributed by atoms with Crippen molar-refractivity contribution in [3.8, 4) is 0 Å². The maximum atomic E-state index is 14.7. The Morgan fingerprint density at radius 3 is 2.66 bits per heavy atom. The molecule has 2 N–H and O–H groups in total. The molecule has 2 aromatic rings. The molecule has 0 spiro atoms. The van der Waals surface area contributed by atoms with Gasteiger partial charge in [-0.25, -0.2) is 9.18 Å². The summed E-state index contributed by atoms with van der Waals surface area (Å²) in [5.41, 5.74) is 2.16. The lowest BCUT2D eigenvalue weighted by Gasteiger charge is -2.24. The third-order valence-corrected chi connectivity index (χ3v) is 5.54. The van der Waals surface area contributed by atoms with E-state index in [0.29, 0.717) is 24.3 Å². The number of nitrogens with one attached hydrogen (secondary N) is 1. The van der Waals surface area contributed by atoms with Crippen molar-refractivity contribution in [3.05, 3.63) is 77.8 Å². The molecule has 2 heterocycles. The minimum Gasteiger partial charge on any atom is -0.442 e. The third kappa shape index (κ3) is 5.91. The largest absolute Gasteiger partial charge is 0.442 e. The smallest absolute Gasteiger partial charge is 0.414 e. The molecule has 1 atom stereocenters.